The number of ether oxygens (including phenoxy) is 2. The van der Waals surface area contributed by atoms with Gasteiger partial charge in [0.15, 0.2) is 0 Å². The van der Waals surface area contributed by atoms with Gasteiger partial charge in [-0.3, -0.25) is 4.79 Å². The maximum Gasteiger partial charge on any atom is 0.309 e. The fraction of sp³-hybridized carbons (Fsp3) is 0.458. The third kappa shape index (κ3) is 5.61. The molecule has 1 aliphatic heterocycles. The third-order valence-electron chi connectivity index (χ3n) is 5.61. The Hall–Kier alpha value is -1.85. The average molecular weight is 461 g/mol. The summed E-state index contributed by atoms with van der Waals surface area (Å²) in [5, 5.41) is 10.4. The molecule has 0 aliphatic carbocycles. The van der Waals surface area contributed by atoms with E-state index in [9.17, 15) is 9.90 Å². The summed E-state index contributed by atoms with van der Waals surface area (Å²) in [5.74, 6) is 0.536. The maximum absolute atomic E-state index is 11.7. The second-order valence-corrected chi connectivity index (χ2v) is 9.15. The second-order valence-electron chi connectivity index (χ2n) is 8.16. The zero-order valence-electron chi connectivity index (χ0n) is 17.3. The first-order valence-electron chi connectivity index (χ1n) is 10.1. The van der Waals surface area contributed by atoms with Gasteiger partial charge in [0.1, 0.15) is 18.5 Å². The Morgan fingerprint density at radius 1 is 1.17 bits per heavy atom. The van der Waals surface area contributed by atoms with E-state index in [0.29, 0.717) is 13.0 Å². The molecule has 0 amide bonds. The largest absolute Gasteiger partial charge is 0.489 e. The fourth-order valence-electron chi connectivity index (χ4n) is 3.73. The van der Waals surface area contributed by atoms with Crippen molar-refractivity contribution in [1.82, 2.24) is 0 Å². The molecule has 0 radical (unpaired) electrons. The summed E-state index contributed by atoms with van der Waals surface area (Å²) < 4.78 is 11.4. The molecular weight excluding hydrogens is 432 g/mol. The molecule has 1 fully saturated rings. The minimum atomic E-state index is -1.06. The molecule has 0 aromatic heterocycles. The van der Waals surface area contributed by atoms with Gasteiger partial charge in [0, 0.05) is 0 Å². The van der Waals surface area contributed by atoms with Crippen LogP contribution in [0.25, 0.3) is 0 Å². The summed E-state index contributed by atoms with van der Waals surface area (Å²) in [6, 6.07) is 14.4. The van der Waals surface area contributed by atoms with E-state index in [1.807, 2.05) is 18.2 Å². The van der Waals surface area contributed by atoms with Crippen LogP contribution >= 0.6 is 15.9 Å². The Morgan fingerprint density at radius 2 is 1.93 bits per heavy atom. The fourth-order valence-corrected chi connectivity index (χ4v) is 4.27. The minimum Gasteiger partial charge on any atom is -0.489 e. The van der Waals surface area contributed by atoms with Gasteiger partial charge in [-0.15, -0.1) is 0 Å². The first kappa shape index (κ1) is 21.8. The molecule has 1 aliphatic rings. The Bertz CT molecular complexity index is 862. The van der Waals surface area contributed by atoms with Crippen molar-refractivity contribution >= 4 is 21.9 Å². The molecule has 4 nitrogen and oxygen atoms in total. The van der Waals surface area contributed by atoms with Gasteiger partial charge >= 0.3 is 5.97 Å². The molecule has 2 aromatic carbocycles. The molecule has 0 bridgehead atoms. The van der Waals surface area contributed by atoms with Gasteiger partial charge in [-0.1, -0.05) is 46.3 Å². The molecule has 156 valence electrons. The van der Waals surface area contributed by atoms with Crippen molar-refractivity contribution in [3.63, 3.8) is 0 Å². The van der Waals surface area contributed by atoms with Crippen molar-refractivity contribution < 1.29 is 19.4 Å². The topological polar surface area (TPSA) is 55.8 Å². The Kier molecular flexibility index (Phi) is 7.01. The smallest absolute Gasteiger partial charge is 0.309 e. The predicted molar refractivity (Wildman–Crippen MR) is 117 cm³/mol. The zero-order valence-corrected chi connectivity index (χ0v) is 18.9. The van der Waals surface area contributed by atoms with E-state index < -0.39 is 5.60 Å². The molecule has 29 heavy (non-hydrogen) atoms. The first-order valence-corrected chi connectivity index (χ1v) is 11.0. The van der Waals surface area contributed by atoms with Crippen molar-refractivity contribution in [3.8, 4) is 5.75 Å². The van der Waals surface area contributed by atoms with Crippen molar-refractivity contribution in [2.45, 2.75) is 69.6 Å². The van der Waals surface area contributed by atoms with Crippen LogP contribution in [0.2, 0.25) is 0 Å². The number of halogens is 1. The highest BCUT2D eigenvalue weighted by molar-refractivity contribution is 9.09. The van der Waals surface area contributed by atoms with Gasteiger partial charge in [0.2, 0.25) is 0 Å². The number of carbonyl (C=O) groups excluding carboxylic acids is 1. The van der Waals surface area contributed by atoms with Gasteiger partial charge < -0.3 is 14.6 Å². The number of aryl methyl sites for hydroxylation is 3. The second kappa shape index (κ2) is 9.31. The van der Waals surface area contributed by atoms with Crippen LogP contribution in [0, 0.1) is 13.8 Å². The predicted octanol–water partition coefficient (Wildman–Crippen LogP) is 5.04. The summed E-state index contributed by atoms with van der Waals surface area (Å²) in [5.41, 5.74) is 3.81. The van der Waals surface area contributed by atoms with Gasteiger partial charge in [-0.2, -0.15) is 0 Å². The normalized spacial score (nSPS) is 24.2. The van der Waals surface area contributed by atoms with Crippen LogP contribution in [0.1, 0.15) is 48.4 Å². The van der Waals surface area contributed by atoms with E-state index in [4.69, 9.17) is 9.47 Å². The van der Waals surface area contributed by atoms with Crippen LogP contribution in [0.3, 0.4) is 0 Å². The van der Waals surface area contributed by atoms with E-state index in [1.165, 1.54) is 22.3 Å². The molecule has 3 rings (SSSR count). The lowest BCUT2D eigenvalue weighted by molar-refractivity contribution is -0.166. The maximum atomic E-state index is 11.7. The van der Waals surface area contributed by atoms with Crippen molar-refractivity contribution in [2.75, 3.05) is 0 Å². The number of cyclic esters (lactones) is 1. The number of esters is 1. The lowest BCUT2D eigenvalue weighted by Gasteiger charge is -2.38. The molecular formula is C24H29BrO4. The monoisotopic (exact) mass is 460 g/mol. The highest BCUT2D eigenvalue weighted by Gasteiger charge is 2.44. The summed E-state index contributed by atoms with van der Waals surface area (Å²) in [6.45, 7) is 6.42. The number of carbonyl (C=O) groups is 1. The first-order chi connectivity index (χ1) is 13.8. The molecule has 1 N–H and O–H groups in total. The quantitative estimate of drug-likeness (QED) is 0.464. The van der Waals surface area contributed by atoms with E-state index in [1.54, 1.807) is 6.92 Å². The van der Waals surface area contributed by atoms with Gasteiger partial charge in [0.25, 0.3) is 0 Å². The minimum absolute atomic E-state index is 0.0303. The number of benzene rings is 2. The van der Waals surface area contributed by atoms with Crippen LogP contribution < -0.4 is 4.74 Å². The number of hydrogen-bond donors (Lipinski definition) is 1. The van der Waals surface area contributed by atoms with Crippen LogP contribution in [0.4, 0.5) is 0 Å². The lowest BCUT2D eigenvalue weighted by atomic mass is 9.89. The molecule has 2 aromatic rings. The SMILES string of the molecule is Cc1cc(OCc2ccccc2C)ccc1CCCC1OC(=O)CC(C)(O)C1Br. The van der Waals surface area contributed by atoms with Gasteiger partial charge in [-0.25, -0.2) is 0 Å². The molecule has 1 heterocycles. The Balaban J connectivity index is 1.53. The number of rotatable bonds is 7. The van der Waals surface area contributed by atoms with E-state index in [-0.39, 0.29) is 23.3 Å². The van der Waals surface area contributed by atoms with Crippen LogP contribution in [0.15, 0.2) is 42.5 Å². The number of aliphatic hydroxyl groups is 1. The summed E-state index contributed by atoms with van der Waals surface area (Å²) in [7, 11) is 0. The lowest BCUT2D eigenvalue weighted by Crippen LogP contribution is -2.51. The Labute approximate surface area is 181 Å². The molecule has 3 atom stereocenters. The highest BCUT2D eigenvalue weighted by atomic mass is 79.9. The molecule has 0 spiro atoms. The standard InChI is InChI=1S/C24H29BrO4/c1-16-7-4-5-8-19(16)15-28-20-12-11-18(17(2)13-20)9-6-10-21-23(25)24(3,27)14-22(26)29-21/h4-5,7-8,11-13,21,23,27H,6,9-10,14-15H2,1-3H3. The molecule has 1 saturated heterocycles. The summed E-state index contributed by atoms with van der Waals surface area (Å²) in [6.07, 6.45) is 2.20. The molecule has 0 saturated carbocycles. The molecule has 5 heteroatoms. The molecule has 3 unspecified atom stereocenters. The number of alkyl halides is 1. The average Bonchev–Trinajstić information content (AvgIpc) is 2.66. The van der Waals surface area contributed by atoms with E-state index in [0.717, 1.165) is 18.6 Å². The number of hydrogen-bond acceptors (Lipinski definition) is 4. The summed E-state index contributed by atoms with van der Waals surface area (Å²) >= 11 is 3.51. The zero-order chi connectivity index (χ0) is 21.0. The van der Waals surface area contributed by atoms with Crippen molar-refractivity contribution in [3.05, 3.63) is 64.7 Å². The summed E-state index contributed by atoms with van der Waals surface area (Å²) in [4.78, 5) is 11.5. The van der Waals surface area contributed by atoms with Crippen LogP contribution in [0.5, 0.6) is 5.75 Å². The highest BCUT2D eigenvalue weighted by Crippen LogP contribution is 2.34. The van der Waals surface area contributed by atoms with Gasteiger partial charge in [0.05, 0.1) is 16.8 Å². The van der Waals surface area contributed by atoms with Crippen LogP contribution in [-0.4, -0.2) is 27.6 Å². The van der Waals surface area contributed by atoms with Gasteiger partial charge in [-0.05, 0) is 74.4 Å². The van der Waals surface area contributed by atoms with Crippen molar-refractivity contribution in [2.24, 2.45) is 0 Å². The Morgan fingerprint density at radius 3 is 2.66 bits per heavy atom. The van der Waals surface area contributed by atoms with Crippen LogP contribution in [-0.2, 0) is 22.6 Å². The third-order valence-corrected chi connectivity index (χ3v) is 7.19. The van der Waals surface area contributed by atoms with Crippen molar-refractivity contribution in [1.29, 1.82) is 0 Å². The van der Waals surface area contributed by atoms with E-state index in [2.05, 4.69) is 54.0 Å². The van der Waals surface area contributed by atoms with E-state index >= 15 is 0 Å².